The van der Waals surface area contributed by atoms with Crippen molar-refractivity contribution in [1.29, 1.82) is 0 Å². The van der Waals surface area contributed by atoms with Gasteiger partial charge in [0.2, 0.25) is 23.2 Å². The molecule has 13 atom stereocenters. The molecule has 2 unspecified atom stereocenters. The third-order valence-corrected chi connectivity index (χ3v) is 27.1. The Morgan fingerprint density at radius 2 is 0.919 bits per heavy atom. The lowest BCUT2D eigenvalue weighted by atomic mass is 9.92. The lowest BCUT2D eigenvalue weighted by Gasteiger charge is -2.26. The Kier molecular flexibility index (Phi) is 29.6. The molecular formula is C81H95ClN14O21S6. The molecule has 0 bridgehead atoms. The van der Waals surface area contributed by atoms with Crippen LogP contribution < -0.4 is 46.6 Å². The van der Waals surface area contributed by atoms with E-state index in [0.29, 0.717) is 107 Å². The normalized spacial score (nSPS) is 22.6. The highest BCUT2D eigenvalue weighted by Gasteiger charge is 2.42. The van der Waals surface area contributed by atoms with Crippen molar-refractivity contribution in [2.24, 2.45) is 44.8 Å². The van der Waals surface area contributed by atoms with Gasteiger partial charge in [0.1, 0.15) is 72.6 Å². The number of anilines is 3. The number of benzene rings is 2. The van der Waals surface area contributed by atoms with Gasteiger partial charge in [-0.3, -0.25) is 31.7 Å². The predicted octanol–water partition coefficient (Wildman–Crippen LogP) is 8.13. The first-order valence-electron chi connectivity index (χ1n) is 39.4. The molecule has 3 saturated carbocycles. The molecule has 13 N–H and O–H groups in total. The summed E-state index contributed by atoms with van der Waals surface area (Å²) in [7, 11) is -9.22. The molecule has 3 aliphatic heterocycles. The Morgan fingerprint density at radius 3 is 1.36 bits per heavy atom. The van der Waals surface area contributed by atoms with Crippen molar-refractivity contribution in [2.75, 3.05) is 69.8 Å². The summed E-state index contributed by atoms with van der Waals surface area (Å²) in [6.07, 6.45) is 9.54. The van der Waals surface area contributed by atoms with E-state index in [2.05, 4.69) is 65.3 Å². The van der Waals surface area contributed by atoms with Gasteiger partial charge in [-0.1, -0.05) is 43.6 Å². The van der Waals surface area contributed by atoms with Crippen LogP contribution in [0.4, 0.5) is 17.5 Å². The van der Waals surface area contributed by atoms with Gasteiger partial charge in [0.25, 0.3) is 0 Å². The number of rotatable bonds is 29. The van der Waals surface area contributed by atoms with E-state index in [0.717, 1.165) is 84.3 Å². The number of fused-ring (bicyclic) bond motifs is 3. The number of ketones is 3. The molecule has 42 heteroatoms. The monoisotopic (exact) mass is 1830 g/mol. The SMILES string of the molecule is COc1ccc2c(c1)C(c1cc(C(=O)c3cncnc3N[C@@H]3C[C@H](COS(N)(=O)=O)[C@@H](O)C3)sc1C)OCC2.COc1ccc2c(n1)C(c1cc(C(=O)c3cncnc3N[C@@H]3C[C@H](COS(N)(=O)=O)[C@@H](O)C3)sc1C)OCC2.Cc1sc(C(=O)c2cncnc2N[C@@H]2C[C@H](COS(N)(=O)=O)[C@@H](OC(=O)[C@@H](N)C(C)C)C2)cc1[C@@H]1OCCc2ccc(Cl)cc21. The Labute approximate surface area is 727 Å². The number of hydrogen-bond donors (Lipinski definition) is 9. The highest BCUT2D eigenvalue weighted by Crippen LogP contribution is 2.45. The zero-order valence-electron chi connectivity index (χ0n) is 67.9. The summed E-state index contributed by atoms with van der Waals surface area (Å²) in [4.78, 5) is 87.9. The fraction of sp³-hybridized carbons (Fsp3) is 0.444. The quantitative estimate of drug-likeness (QED) is 0.0158. The van der Waals surface area contributed by atoms with E-state index >= 15 is 0 Å². The van der Waals surface area contributed by atoms with E-state index < -0.39 is 85.1 Å². The number of halogens is 1. The van der Waals surface area contributed by atoms with E-state index in [1.165, 1.54) is 77.1 Å². The number of nitrogens with two attached hydrogens (primary N) is 4. The molecule has 0 radical (unpaired) electrons. The largest absolute Gasteiger partial charge is 0.497 e. The molecule has 7 aromatic heterocycles. The van der Waals surface area contributed by atoms with Crippen LogP contribution >= 0.6 is 45.6 Å². The summed E-state index contributed by atoms with van der Waals surface area (Å²) >= 11 is 10.4. The number of nitrogens with zero attached hydrogens (tertiary/aromatic N) is 7. The first-order valence-corrected chi connectivity index (χ1v) is 46.6. The highest BCUT2D eigenvalue weighted by molar-refractivity contribution is 7.84. The average molecular weight is 1830 g/mol. The van der Waals surface area contributed by atoms with Crippen molar-refractivity contribution in [2.45, 2.75) is 153 Å². The molecular weight excluding hydrogens is 1730 g/mol. The van der Waals surface area contributed by atoms with Gasteiger partial charge in [0.05, 0.1) is 103 Å². The van der Waals surface area contributed by atoms with E-state index in [1.807, 2.05) is 81.4 Å². The van der Waals surface area contributed by atoms with Crippen molar-refractivity contribution in [1.82, 2.24) is 34.9 Å². The van der Waals surface area contributed by atoms with Gasteiger partial charge in [-0.2, -0.15) is 25.3 Å². The molecule has 6 aliphatic rings. The number of nitrogens with one attached hydrogen (secondary N) is 3. The number of esters is 1. The molecule has 0 amide bonds. The predicted molar refractivity (Wildman–Crippen MR) is 456 cm³/mol. The van der Waals surface area contributed by atoms with Gasteiger partial charge in [-0.05, 0) is 159 Å². The van der Waals surface area contributed by atoms with Crippen molar-refractivity contribution in [3.8, 4) is 11.6 Å². The Hall–Kier alpha value is -8.93. The summed E-state index contributed by atoms with van der Waals surface area (Å²) in [6, 6.07) is 19.5. The van der Waals surface area contributed by atoms with Crippen molar-refractivity contribution in [3.05, 3.63) is 205 Å². The van der Waals surface area contributed by atoms with Crippen LogP contribution in [0, 0.1) is 44.4 Å². The van der Waals surface area contributed by atoms with Gasteiger partial charge < -0.3 is 60.3 Å². The van der Waals surface area contributed by atoms with E-state index in [1.54, 1.807) is 28.1 Å². The minimum absolute atomic E-state index is 0.153. The molecule has 35 nitrogen and oxygen atoms in total. The van der Waals surface area contributed by atoms with Gasteiger partial charge in [0.15, 0.2) is 0 Å². The lowest BCUT2D eigenvalue weighted by Crippen LogP contribution is -2.40. The molecule has 9 aromatic rings. The number of aliphatic hydroxyl groups is 2. The second-order valence-corrected chi connectivity index (χ2v) is 38.8. The second-order valence-electron chi connectivity index (χ2n) is 30.9. The van der Waals surface area contributed by atoms with E-state index in [9.17, 15) is 54.6 Å². The zero-order valence-corrected chi connectivity index (χ0v) is 73.6. The number of hydrogen-bond acceptors (Lipinski definition) is 35. The summed E-state index contributed by atoms with van der Waals surface area (Å²) in [5, 5.41) is 46.0. The van der Waals surface area contributed by atoms with Crippen molar-refractivity contribution >= 4 is 117 Å². The molecule has 658 valence electrons. The number of carbonyl (C=O) groups excluding carboxylic acids is 4. The number of aromatic nitrogens is 7. The molecule has 0 saturated heterocycles. The van der Waals surface area contributed by atoms with Crippen molar-refractivity contribution in [3.63, 3.8) is 0 Å². The average Bonchev–Trinajstić information content (AvgIpc) is 1.69. The highest BCUT2D eigenvalue weighted by atomic mass is 35.5. The van der Waals surface area contributed by atoms with Gasteiger partial charge >= 0.3 is 36.9 Å². The molecule has 10 heterocycles. The van der Waals surface area contributed by atoms with Crippen LogP contribution in [0.2, 0.25) is 5.02 Å². The third-order valence-electron chi connectivity index (χ3n) is 22.3. The zero-order chi connectivity index (χ0) is 87.9. The number of pyridine rings is 1. The maximum absolute atomic E-state index is 13.9. The standard InChI is InChI=1S/C30H36ClN5O7S2.C26H30N4O7S2.C25H29N5O7S2/c1-15(2)26(32)30(38)43-24-10-20(8-18(24)13-42-45(33,39)40)36-29-23(12-34-14-35-29)27(37)25-11-21(16(3)44-25)28-22-9-19(31)5-4-17(22)6-7-41-28;1-14-19(25-20-9-18(35-2)4-3-15(20)5-6-36-25)10-23(38-14)24(32)21-11-28-13-29-26(21)30-17-7-16(22(31)8-17)12-37-39(27,33)34;1-13-17(24-22-14(5-6-36-24)3-4-21(30-22)35-2)9-20(38-13)23(32)18-10-27-12-28-25(18)29-16-7-15(19(31)8-16)11-37-39(26,33)34/h4-5,9,11-12,14-15,18,20,24,26,28H,6-8,10,13,32H2,1-3H3,(H2,33,39,40)(H,34,35,36);3-4,9-11,13,16-17,22,25,31H,5-8,12H2,1-2H3,(H2,27,33,34)(H,28,29,30);3-4,9-10,12,15-16,19,24,31H,5-8,11H2,1-2H3,(H2,26,33,34)(H,27,28,29)/t18-,20-,24+,26+,28+;16-,17-,22+,25?;15-,16-,19+,24?/m111/s1. The summed E-state index contributed by atoms with van der Waals surface area (Å²) in [6.45, 7) is 10.4. The van der Waals surface area contributed by atoms with E-state index in [-0.39, 0.29) is 84.5 Å². The first kappa shape index (κ1) is 91.8. The summed E-state index contributed by atoms with van der Waals surface area (Å²) in [5.74, 6) is -0.627. The lowest BCUT2D eigenvalue weighted by molar-refractivity contribution is -0.154. The molecule has 3 aliphatic carbocycles. The van der Waals surface area contributed by atoms with Crippen LogP contribution in [0.5, 0.6) is 11.6 Å². The number of aliphatic hydroxyl groups excluding tert-OH is 2. The minimum atomic E-state index is -4.21. The Balaban J connectivity index is 0.000000159. The van der Waals surface area contributed by atoms with Crippen LogP contribution in [0.3, 0.4) is 0 Å². The maximum atomic E-state index is 13.9. The van der Waals surface area contributed by atoms with Gasteiger partial charge in [0, 0.05) is 92.2 Å². The number of methoxy groups -OCH3 is 2. The third kappa shape index (κ3) is 22.9. The Morgan fingerprint density at radius 1 is 0.520 bits per heavy atom. The number of ether oxygens (including phenoxy) is 6. The maximum Gasteiger partial charge on any atom is 0.333 e. The van der Waals surface area contributed by atoms with Gasteiger partial charge in [-0.25, -0.2) is 50.3 Å². The molecule has 123 heavy (non-hydrogen) atoms. The first-order chi connectivity index (χ1) is 58.6. The van der Waals surface area contributed by atoms with Gasteiger partial charge in [-0.15, -0.1) is 34.0 Å². The molecule has 15 rings (SSSR count). The number of thiophene rings is 3. The topological polar surface area (TPSA) is 525 Å². The van der Waals surface area contributed by atoms with Crippen molar-refractivity contribution < 1.29 is 95.6 Å². The minimum Gasteiger partial charge on any atom is -0.497 e. The second kappa shape index (κ2) is 39.7. The molecule has 2 aromatic carbocycles. The number of carbonyl (C=O) groups is 4. The fourth-order valence-electron chi connectivity index (χ4n) is 15.9. The summed E-state index contributed by atoms with van der Waals surface area (Å²) in [5.41, 5.74) is 15.8. The van der Waals surface area contributed by atoms with E-state index in [4.69, 9.17) is 65.4 Å². The molecule has 0 spiro atoms. The van der Waals surface area contributed by atoms with Crippen LogP contribution in [0.15, 0.2) is 104 Å². The van der Waals surface area contributed by atoms with Crippen LogP contribution in [-0.2, 0) is 86.5 Å². The number of aryl methyl sites for hydroxylation is 3. The summed E-state index contributed by atoms with van der Waals surface area (Å²) < 4.78 is 117. The molecule has 3 fully saturated rings. The van der Waals surface area contributed by atoms with Crippen LogP contribution in [-0.4, -0.2) is 190 Å². The Bertz CT molecular complexity index is 5510. The smallest absolute Gasteiger partial charge is 0.333 e. The van der Waals surface area contributed by atoms with Crippen LogP contribution in [0.25, 0.3) is 0 Å². The fourth-order valence-corrected chi connectivity index (χ4v) is 20.2. The van der Waals surface area contributed by atoms with Crippen LogP contribution in [0.1, 0.15) is 181 Å².